The first kappa shape index (κ1) is 43.3. The largest absolute Gasteiger partial charge is 0.273 e. The van der Waals surface area contributed by atoms with Crippen molar-refractivity contribution in [3.63, 3.8) is 0 Å². The molecule has 0 amide bonds. The molecular weight excluding hydrogens is 769 g/mol. The maximum atomic E-state index is 12.7. The summed E-state index contributed by atoms with van der Waals surface area (Å²) in [5.41, 5.74) is 2.11. The summed E-state index contributed by atoms with van der Waals surface area (Å²) in [5.74, 6) is 0. The number of hydrogen-bond acceptors (Lipinski definition) is 0. The van der Waals surface area contributed by atoms with Crippen molar-refractivity contribution in [2.75, 3.05) is 0 Å². The third-order valence-electron chi connectivity index (χ3n) is 7.98. The molecule has 1 aliphatic rings. The van der Waals surface area contributed by atoms with E-state index in [9.17, 15) is 26.3 Å². The molecule has 9 heteroatoms. The van der Waals surface area contributed by atoms with Gasteiger partial charge in [0.05, 0.1) is 0 Å². The zero-order chi connectivity index (χ0) is 35.5. The van der Waals surface area contributed by atoms with Gasteiger partial charge in [-0.3, -0.25) is 6.08 Å². The quantitative estimate of drug-likeness (QED) is 0.123. The van der Waals surface area contributed by atoms with Crippen molar-refractivity contribution in [3.05, 3.63) is 149 Å². The number of halogens is 8. The second kappa shape index (κ2) is 17.1. The molecule has 1 aliphatic carbocycles. The average molecular weight is 809 g/mol. The summed E-state index contributed by atoms with van der Waals surface area (Å²) in [7, 11) is 0. The molecule has 0 aliphatic heterocycles. The first-order chi connectivity index (χ1) is 22.2. The van der Waals surface area contributed by atoms with Crippen LogP contribution in [0.5, 0.6) is 0 Å². The van der Waals surface area contributed by atoms with E-state index in [1.54, 1.807) is 0 Å². The molecule has 0 atom stereocenters. The summed E-state index contributed by atoms with van der Waals surface area (Å²) >= 11 is 0.729. The SMILES string of the molecule is CC(C)(C)c1ccc2c(c1)[cH-]c1cc(C(C)(C)C)ccc12.Cl.Cl.FC(F)(F)c1cccc([C](=[Zr+2])c2cccc(C(F)(F)F)c2)c1.[C-]1=CC=CC1. The maximum absolute atomic E-state index is 12.7. The molecule has 5 aromatic carbocycles. The minimum absolute atomic E-state index is 0. The molecule has 0 heterocycles. The third-order valence-corrected chi connectivity index (χ3v) is 9.40. The van der Waals surface area contributed by atoms with Crippen molar-refractivity contribution in [2.24, 2.45) is 0 Å². The molecule has 5 aromatic rings. The Kier molecular flexibility index (Phi) is 14.8. The van der Waals surface area contributed by atoms with Gasteiger partial charge in [-0.2, -0.15) is 6.08 Å². The Morgan fingerprint density at radius 1 is 0.600 bits per heavy atom. The molecule has 0 unspecified atom stereocenters. The number of allylic oxidation sites excluding steroid dienone is 4. The van der Waals surface area contributed by atoms with Crippen LogP contribution >= 0.6 is 24.8 Å². The van der Waals surface area contributed by atoms with Crippen LogP contribution in [0.3, 0.4) is 0 Å². The van der Waals surface area contributed by atoms with Gasteiger partial charge >= 0.3 is 137 Å². The van der Waals surface area contributed by atoms with E-state index < -0.39 is 23.5 Å². The molecular formula is C41H40Cl2F6Zr. The third kappa shape index (κ3) is 11.3. The van der Waals surface area contributed by atoms with Gasteiger partial charge in [-0.15, -0.1) is 71.0 Å². The van der Waals surface area contributed by atoms with Crippen LogP contribution in [0.2, 0.25) is 0 Å². The van der Waals surface area contributed by atoms with E-state index >= 15 is 0 Å². The number of hydrogen-bond donors (Lipinski definition) is 0. The molecule has 0 radical (unpaired) electrons. The van der Waals surface area contributed by atoms with Crippen molar-refractivity contribution >= 4 is 49.6 Å². The minimum atomic E-state index is -4.49. The predicted molar refractivity (Wildman–Crippen MR) is 197 cm³/mol. The standard InChI is InChI=1S/C21H25.C15H8F6.C5H5.2ClH.Zr/c1-20(2,3)16-7-9-18-14(12-16)11-15-13-17(21(4,5)6)8-10-19(15)18;16-14(17,18)12-5-1-3-10(8-12)7-11-4-2-6-13(9-11)15(19,20)21;1-2-4-5-3-1;;;/h7-13H,1-6H3;1-6,8-9H;1-3H,4H2;2*1H;/q-1;;-1;;;+2. The molecule has 0 saturated carbocycles. The Bertz CT molecular complexity index is 1830. The van der Waals surface area contributed by atoms with E-state index in [1.807, 2.05) is 12.2 Å². The van der Waals surface area contributed by atoms with Crippen molar-refractivity contribution in [2.45, 2.75) is 71.1 Å². The molecule has 6 rings (SSSR count). The smallest absolute Gasteiger partial charge is 0.109 e. The van der Waals surface area contributed by atoms with Crippen LogP contribution in [0.25, 0.3) is 21.5 Å². The van der Waals surface area contributed by atoms with Crippen LogP contribution in [-0.4, -0.2) is 3.21 Å². The minimum Gasteiger partial charge on any atom is -0.273 e. The summed E-state index contributed by atoms with van der Waals surface area (Å²) in [5, 5.41) is 5.48. The molecule has 0 saturated heterocycles. The number of fused-ring (bicyclic) bond motifs is 3. The molecule has 0 aromatic heterocycles. The molecule has 0 nitrogen and oxygen atoms in total. The van der Waals surface area contributed by atoms with Crippen molar-refractivity contribution in [3.8, 4) is 0 Å². The van der Waals surface area contributed by atoms with E-state index in [0.717, 1.165) is 54.9 Å². The number of benzene rings is 4. The average Bonchev–Trinajstić information content (AvgIpc) is 3.71. The summed E-state index contributed by atoms with van der Waals surface area (Å²) < 4.78 is 76.7. The zero-order valence-electron chi connectivity index (χ0n) is 28.7. The summed E-state index contributed by atoms with van der Waals surface area (Å²) in [6, 6.07) is 25.3. The predicted octanol–water partition coefficient (Wildman–Crippen LogP) is 13.3. The fourth-order valence-corrected chi connectivity index (χ4v) is 5.93. The Hall–Kier alpha value is -2.86. The van der Waals surface area contributed by atoms with Gasteiger partial charge in [0, 0.05) is 0 Å². The normalized spacial score (nSPS) is 12.8. The first-order valence-electron chi connectivity index (χ1n) is 15.5. The van der Waals surface area contributed by atoms with E-state index in [0.29, 0.717) is 3.21 Å². The molecule has 264 valence electrons. The summed E-state index contributed by atoms with van der Waals surface area (Å²) in [6.07, 6.45) is 1.03. The number of rotatable bonds is 2. The molecule has 0 N–H and O–H groups in total. The molecule has 50 heavy (non-hydrogen) atoms. The van der Waals surface area contributed by atoms with E-state index in [1.165, 1.54) is 56.9 Å². The van der Waals surface area contributed by atoms with Gasteiger partial charge in [0.2, 0.25) is 0 Å². The van der Waals surface area contributed by atoms with Gasteiger partial charge in [-0.05, 0) is 10.8 Å². The Balaban J connectivity index is 0.000000293. The van der Waals surface area contributed by atoms with E-state index in [4.69, 9.17) is 0 Å². The first-order valence-corrected chi connectivity index (χ1v) is 16.8. The van der Waals surface area contributed by atoms with Gasteiger partial charge < -0.3 is 0 Å². The Morgan fingerprint density at radius 2 is 1.02 bits per heavy atom. The van der Waals surface area contributed by atoms with E-state index in [-0.39, 0.29) is 46.8 Å². The monoisotopic (exact) mass is 806 g/mol. The van der Waals surface area contributed by atoms with Crippen LogP contribution in [0, 0.1) is 6.08 Å². The van der Waals surface area contributed by atoms with Crippen LogP contribution in [-0.2, 0) is 47.4 Å². The molecule has 0 fully saturated rings. The van der Waals surface area contributed by atoms with Crippen LogP contribution in [0.4, 0.5) is 26.3 Å². The maximum Gasteiger partial charge on any atom is -0.109 e. The van der Waals surface area contributed by atoms with Crippen molar-refractivity contribution in [1.29, 1.82) is 0 Å². The molecule has 0 bridgehead atoms. The zero-order valence-corrected chi connectivity index (χ0v) is 32.8. The number of alkyl halides is 6. The van der Waals surface area contributed by atoms with Gasteiger partial charge in [0.25, 0.3) is 0 Å². The van der Waals surface area contributed by atoms with Crippen LogP contribution in [0.15, 0.2) is 109 Å². The van der Waals surface area contributed by atoms with Gasteiger partial charge in [0.15, 0.2) is 0 Å². The van der Waals surface area contributed by atoms with Gasteiger partial charge in [-0.25, -0.2) is 12.2 Å². The topological polar surface area (TPSA) is 0 Å². The fourth-order valence-electron chi connectivity index (χ4n) is 5.16. The van der Waals surface area contributed by atoms with Crippen LogP contribution < -0.4 is 0 Å². The van der Waals surface area contributed by atoms with Crippen molar-refractivity contribution < 1.29 is 50.6 Å². The van der Waals surface area contributed by atoms with Gasteiger partial charge in [0.1, 0.15) is 0 Å². The summed E-state index contributed by atoms with van der Waals surface area (Å²) in [4.78, 5) is 0. The Labute approximate surface area is 318 Å². The van der Waals surface area contributed by atoms with Gasteiger partial charge in [-0.1, -0.05) is 76.9 Å². The second-order valence-corrected chi connectivity index (χ2v) is 15.0. The van der Waals surface area contributed by atoms with Crippen molar-refractivity contribution in [1.82, 2.24) is 0 Å². The Morgan fingerprint density at radius 3 is 1.32 bits per heavy atom. The summed E-state index contributed by atoms with van der Waals surface area (Å²) in [6.45, 7) is 13.6. The molecule has 0 spiro atoms. The van der Waals surface area contributed by atoms with Crippen LogP contribution in [0.1, 0.15) is 81.3 Å². The fraction of sp³-hybridized carbons (Fsp3) is 0.268. The van der Waals surface area contributed by atoms with E-state index in [2.05, 4.69) is 96.2 Å². The second-order valence-electron chi connectivity index (χ2n) is 13.8.